The second-order valence-electron chi connectivity index (χ2n) is 21.0. The Morgan fingerprint density at radius 2 is 1.06 bits per heavy atom. The number of carboxylic acids is 1. The summed E-state index contributed by atoms with van der Waals surface area (Å²) in [6, 6.07) is 10.3. The van der Waals surface area contributed by atoms with E-state index >= 15 is 0 Å². The number of hydrogen-bond donors (Lipinski definition) is 11. The van der Waals surface area contributed by atoms with Crippen LogP contribution in [-0.2, 0) is 59.4 Å². The minimum Gasteiger partial charge on any atom is -0.493 e. The number of benzene rings is 2. The number of aliphatic hydroxyl groups is 6. The molecule has 86 heavy (non-hydrogen) atoms. The third-order valence-corrected chi connectivity index (χ3v) is 14.5. The minimum absolute atomic E-state index is 0.166. The molecule has 0 bridgehead atoms. The number of rotatable bonds is 31. The summed E-state index contributed by atoms with van der Waals surface area (Å²) >= 11 is 0. The first-order valence-corrected chi connectivity index (χ1v) is 28.3. The predicted molar refractivity (Wildman–Crippen MR) is 303 cm³/mol. The number of carboxylic acid groups (broad SMARTS) is 1. The molecule has 460 valence electrons. The van der Waals surface area contributed by atoms with Crippen LogP contribution in [0.5, 0.6) is 0 Å². The van der Waals surface area contributed by atoms with Gasteiger partial charge in [-0.2, -0.15) is 0 Å². The van der Waals surface area contributed by atoms with Crippen LogP contribution in [0, 0.1) is 0 Å². The molecular weight excluding hydrogens is 1120 g/mol. The average molecular weight is 1190 g/mol. The van der Waals surface area contributed by atoms with E-state index < -0.39 is 97.5 Å². The molecular formula is C56H72N16O14. The monoisotopic (exact) mass is 1190 g/mol. The van der Waals surface area contributed by atoms with Gasteiger partial charge in [-0.05, 0) is 69.2 Å². The number of nitrogens with one attached hydrogen (secondary N) is 4. The quantitative estimate of drug-likeness (QED) is 0.0268. The van der Waals surface area contributed by atoms with E-state index in [-0.39, 0.29) is 18.2 Å². The van der Waals surface area contributed by atoms with Gasteiger partial charge in [-0.25, -0.2) is 14.2 Å². The first kappa shape index (κ1) is 63.2. The number of hydrogen-bond acceptors (Lipinski definition) is 21. The maximum atomic E-state index is 13.2. The van der Waals surface area contributed by atoms with E-state index in [9.17, 15) is 59.7 Å². The molecule has 6 aromatic rings. The van der Waals surface area contributed by atoms with Crippen LogP contribution in [0.3, 0.4) is 0 Å². The van der Waals surface area contributed by atoms with Crippen molar-refractivity contribution in [3.8, 4) is 22.5 Å². The fraction of sp³-hybridized carbons (Fsp3) is 0.482. The van der Waals surface area contributed by atoms with Crippen LogP contribution >= 0.6 is 0 Å². The van der Waals surface area contributed by atoms with E-state index in [2.05, 4.69) is 62.5 Å². The lowest BCUT2D eigenvalue weighted by Gasteiger charge is -2.39. The van der Waals surface area contributed by atoms with Crippen LogP contribution in [0.15, 0.2) is 97.5 Å². The average Bonchev–Trinajstić information content (AvgIpc) is 1.69. The van der Waals surface area contributed by atoms with Crippen LogP contribution in [0.4, 0.5) is 11.4 Å². The minimum atomic E-state index is -1.79. The van der Waals surface area contributed by atoms with Gasteiger partial charge in [-0.15, -0.1) is 20.4 Å². The zero-order valence-electron chi connectivity index (χ0n) is 47.4. The number of aromatic nitrogens is 12. The molecule has 30 heteroatoms. The lowest BCUT2D eigenvalue weighted by Crippen LogP contribution is -2.58. The molecule has 0 unspecified atom stereocenters. The Morgan fingerprint density at radius 3 is 1.55 bits per heavy atom. The number of para-hydroxylation sites is 2. The van der Waals surface area contributed by atoms with Gasteiger partial charge in [0.15, 0.2) is 0 Å². The molecule has 0 fully saturated rings. The molecule has 8 rings (SSSR count). The number of aliphatic hydroxyl groups excluding tert-OH is 6. The van der Waals surface area contributed by atoms with Gasteiger partial charge in [0.2, 0.25) is 29.4 Å². The van der Waals surface area contributed by atoms with Crippen LogP contribution in [0.1, 0.15) is 95.1 Å². The molecule has 2 aliphatic rings. The van der Waals surface area contributed by atoms with Crippen LogP contribution < -0.4 is 21.3 Å². The summed E-state index contributed by atoms with van der Waals surface area (Å²) in [5, 5.41) is 116. The third-order valence-electron chi connectivity index (χ3n) is 14.5. The molecule has 11 N–H and O–H groups in total. The largest absolute Gasteiger partial charge is 0.493 e. The number of anilines is 2. The van der Waals surface area contributed by atoms with Crippen molar-refractivity contribution in [1.82, 2.24) is 70.6 Å². The number of nitrogens with zero attached hydrogens (tertiary/aromatic N) is 12. The van der Waals surface area contributed by atoms with Gasteiger partial charge in [-0.1, -0.05) is 70.1 Å². The Bertz CT molecular complexity index is 3310. The molecule has 6 heterocycles. The number of amides is 4. The summed E-state index contributed by atoms with van der Waals surface area (Å²) < 4.78 is 17.4. The molecule has 2 aliphatic heterocycles. The third kappa shape index (κ3) is 16.7. The number of carbonyl (C=O) groups is 5. The predicted octanol–water partition coefficient (Wildman–Crippen LogP) is 0.760. The van der Waals surface area contributed by atoms with Crippen molar-refractivity contribution in [2.24, 2.45) is 0 Å². The van der Waals surface area contributed by atoms with E-state index in [0.717, 1.165) is 43.5 Å². The van der Waals surface area contributed by atoms with Gasteiger partial charge in [-0.3, -0.25) is 28.5 Å². The van der Waals surface area contributed by atoms with Crippen LogP contribution in [0.2, 0.25) is 0 Å². The summed E-state index contributed by atoms with van der Waals surface area (Å²) in [6.07, 6.45) is 9.12. The van der Waals surface area contributed by atoms with Crippen molar-refractivity contribution in [1.29, 1.82) is 0 Å². The molecule has 0 radical (unpaired) electrons. The lowest BCUT2D eigenvalue weighted by molar-refractivity contribution is -0.147. The van der Waals surface area contributed by atoms with Gasteiger partial charge < -0.3 is 66.5 Å². The lowest BCUT2D eigenvalue weighted by atomic mass is 9.92. The molecule has 0 saturated carbocycles. The summed E-state index contributed by atoms with van der Waals surface area (Å²) in [6.45, 7) is 2.23. The smallest absolute Gasteiger partial charge is 0.370 e. The molecule has 0 aliphatic carbocycles. The number of unbranched alkanes of at least 4 members (excludes halogenated alkanes) is 4. The molecule has 30 nitrogen and oxygen atoms in total. The van der Waals surface area contributed by atoms with E-state index in [1.807, 2.05) is 23.1 Å². The topological polar surface area (TPSA) is 416 Å². The maximum absolute atomic E-state index is 13.2. The summed E-state index contributed by atoms with van der Waals surface area (Å²) in [5.74, 6) is -3.38. The number of carbonyl (C=O) groups excluding carboxylic acids is 4. The highest BCUT2D eigenvalue weighted by molar-refractivity contribution is 5.95. The zero-order valence-corrected chi connectivity index (χ0v) is 47.4. The van der Waals surface area contributed by atoms with E-state index in [1.165, 1.54) is 41.7 Å². The van der Waals surface area contributed by atoms with Gasteiger partial charge in [0.25, 0.3) is 0 Å². The zero-order chi connectivity index (χ0) is 61.3. The summed E-state index contributed by atoms with van der Waals surface area (Å²) in [7, 11) is 0. The SMILES string of the molecule is CC(=O)N[C@@H]1[C@@H]([C@@H](O)[C@@H](O)CO)OC=C[C@H]1n1cc(-c2ccccc2NC(=O)CCCCCn2cc(CCCc3cn(CCCCCC(=O)Nc4ccccc4-c4cn([C@H]5C=C(C(=O)O)O[C@@H]([C@H](O)[C@H](O)CO)[C@@H]5NC(C)=O)nn4)nn3)nn2)nn1. The van der Waals surface area contributed by atoms with Gasteiger partial charge in [0.05, 0.1) is 78.8 Å². The van der Waals surface area contributed by atoms with Crippen molar-refractivity contribution in [3.05, 3.63) is 109 Å². The Kier molecular flexibility index (Phi) is 22.3. The van der Waals surface area contributed by atoms with Crippen molar-refractivity contribution >= 4 is 41.0 Å². The molecule has 2 aromatic carbocycles. The van der Waals surface area contributed by atoms with Gasteiger partial charge in [0, 0.05) is 63.3 Å². The highest BCUT2D eigenvalue weighted by Gasteiger charge is 2.45. The second-order valence-corrected chi connectivity index (χ2v) is 21.0. The maximum Gasteiger partial charge on any atom is 0.370 e. The fourth-order valence-corrected chi connectivity index (χ4v) is 10.2. The Morgan fingerprint density at radius 1 is 0.581 bits per heavy atom. The summed E-state index contributed by atoms with van der Waals surface area (Å²) in [4.78, 5) is 62.7. The number of aliphatic carboxylic acids is 1. The van der Waals surface area contributed by atoms with Crippen molar-refractivity contribution in [2.45, 2.75) is 158 Å². The first-order valence-electron chi connectivity index (χ1n) is 28.3. The fourth-order valence-electron chi connectivity index (χ4n) is 10.2. The second kappa shape index (κ2) is 30.3. The van der Waals surface area contributed by atoms with Crippen molar-refractivity contribution in [3.63, 3.8) is 0 Å². The normalized spacial score (nSPS) is 19.7. The Hall–Kier alpha value is -8.81. The highest BCUT2D eigenvalue weighted by atomic mass is 16.5. The number of aryl methyl sites for hydroxylation is 4. The van der Waals surface area contributed by atoms with E-state index in [4.69, 9.17) is 9.47 Å². The molecule has 4 aromatic heterocycles. The van der Waals surface area contributed by atoms with Gasteiger partial charge in [0.1, 0.15) is 48.0 Å². The van der Waals surface area contributed by atoms with Crippen molar-refractivity contribution < 1.29 is 69.2 Å². The molecule has 4 amide bonds. The van der Waals surface area contributed by atoms with Crippen LogP contribution in [0.25, 0.3) is 22.5 Å². The van der Waals surface area contributed by atoms with Crippen molar-refractivity contribution in [2.75, 3.05) is 23.8 Å². The molecule has 0 spiro atoms. The standard InChI is InChI=1S/C56H72N16O14/c1-33(75)57-50-43(22-25-85-54(50)52(81)45(77)31-73)71-29-41(63-67-71)37-16-7-9-18-39(37)59-48(79)20-5-3-11-23-69-27-35(61-65-69)14-13-15-36-28-70(66-62-36)24-12-4-6-21-49(80)60-40-19-10-8-17-38(40)42-30-72(68-64-42)44-26-47(56(83)84)86-55(51(44)58-34(2)76)53(82)46(78)32-74/h7-10,16-19,22,25-30,43-46,50-55,73-74,77-78,81-82H,3-6,11-15,20-21,23-24,31-32H2,1-2H3,(H,57,75)(H,58,76)(H,59,79)(H,60,80)(H,83,84)/t43-,44+,45+,46-,50+,51-,52+,53-,54+,55-/m1/s1. The van der Waals surface area contributed by atoms with E-state index in [1.54, 1.807) is 59.4 Å². The highest BCUT2D eigenvalue weighted by Crippen LogP contribution is 2.34. The first-order chi connectivity index (χ1) is 41.5. The molecule has 10 atom stereocenters. The van der Waals surface area contributed by atoms with Gasteiger partial charge >= 0.3 is 5.97 Å². The van der Waals surface area contributed by atoms with Crippen LogP contribution in [-0.4, -0.2) is 187 Å². The van der Waals surface area contributed by atoms with E-state index in [0.29, 0.717) is 79.1 Å². The molecule has 0 saturated heterocycles. The number of ether oxygens (including phenoxy) is 2. The Balaban J connectivity index is 0.717. The Labute approximate surface area is 492 Å². The summed E-state index contributed by atoms with van der Waals surface area (Å²) in [5.41, 5.74) is 4.60.